The molecule has 0 bridgehead atoms. The Kier molecular flexibility index (Phi) is 9.03. The van der Waals surface area contributed by atoms with E-state index in [9.17, 15) is 4.79 Å². The molecule has 1 N–H and O–H groups in total. The molecule has 1 fully saturated rings. The molecule has 0 aromatic heterocycles. The second-order valence-electron chi connectivity index (χ2n) is 7.75. The number of unbranched alkanes of at least 4 members (excludes halogenated alkanes) is 1. The molecule has 0 spiro atoms. The van der Waals surface area contributed by atoms with Crippen molar-refractivity contribution in [2.45, 2.75) is 38.7 Å². The molecule has 0 aliphatic carbocycles. The Morgan fingerprint density at radius 3 is 2.48 bits per heavy atom. The maximum atomic E-state index is 13.1. The predicted octanol–water partition coefficient (Wildman–Crippen LogP) is 4.21. The molecule has 1 saturated heterocycles. The molecule has 1 unspecified atom stereocenters. The lowest BCUT2D eigenvalue weighted by atomic mass is 10.1. The Labute approximate surface area is 185 Å². The van der Waals surface area contributed by atoms with Gasteiger partial charge in [-0.25, -0.2) is 0 Å². The minimum atomic E-state index is -0.804. The maximum absolute atomic E-state index is 13.1. The first-order valence-corrected chi connectivity index (χ1v) is 11.2. The second kappa shape index (κ2) is 12.2. The molecule has 6 nitrogen and oxygen atoms in total. The van der Waals surface area contributed by atoms with Crippen LogP contribution in [0.15, 0.2) is 48.5 Å². The first-order valence-electron chi connectivity index (χ1n) is 11.2. The smallest absolute Gasteiger partial charge is 0.266 e. The van der Waals surface area contributed by atoms with Crippen molar-refractivity contribution in [1.82, 2.24) is 10.2 Å². The van der Waals surface area contributed by atoms with Crippen LogP contribution in [0.3, 0.4) is 0 Å². The fourth-order valence-electron chi connectivity index (χ4n) is 3.66. The number of carbonyl (C=O) groups is 1. The predicted molar refractivity (Wildman–Crippen MR) is 122 cm³/mol. The molecule has 168 valence electrons. The molecule has 1 heterocycles. The van der Waals surface area contributed by atoms with E-state index < -0.39 is 6.10 Å². The molecular formula is C25H34N2O4. The van der Waals surface area contributed by atoms with E-state index in [-0.39, 0.29) is 5.91 Å². The summed E-state index contributed by atoms with van der Waals surface area (Å²) in [6.45, 7) is 6.49. The van der Waals surface area contributed by atoms with Gasteiger partial charge >= 0.3 is 0 Å². The third-order valence-corrected chi connectivity index (χ3v) is 5.43. The number of rotatable bonds is 12. The molecule has 0 saturated carbocycles. The summed E-state index contributed by atoms with van der Waals surface area (Å²) < 4.78 is 17.3. The number of hydrogen-bond donors (Lipinski definition) is 1. The molecule has 1 amide bonds. The molecule has 1 aliphatic rings. The van der Waals surface area contributed by atoms with Gasteiger partial charge in [0.05, 0.1) is 13.7 Å². The first-order chi connectivity index (χ1) is 15.2. The van der Waals surface area contributed by atoms with Gasteiger partial charge in [0, 0.05) is 18.7 Å². The molecular weight excluding hydrogens is 392 g/mol. The Balaban J connectivity index is 1.68. The van der Waals surface area contributed by atoms with Crippen LogP contribution in [0.25, 0.3) is 0 Å². The van der Waals surface area contributed by atoms with Gasteiger partial charge < -0.3 is 24.4 Å². The number of ether oxygens (including phenoxy) is 3. The standard InChI is InChI=1S/C25H34N2O4/c1-3-4-19-30-20-11-13-21(14-12-20)31-24(22-9-5-6-10-23(22)29-2)25(28)26-15-18-27-16-7-8-17-27/h5-6,9-14,24H,3-4,7-8,15-19H2,1-2H3,(H,26,28). The van der Waals surface area contributed by atoms with Crippen molar-refractivity contribution in [3.8, 4) is 17.2 Å². The van der Waals surface area contributed by atoms with Crippen LogP contribution in [0, 0.1) is 0 Å². The minimum absolute atomic E-state index is 0.174. The van der Waals surface area contributed by atoms with Gasteiger partial charge in [0.2, 0.25) is 6.10 Å². The third kappa shape index (κ3) is 6.89. The van der Waals surface area contributed by atoms with Gasteiger partial charge in [-0.15, -0.1) is 0 Å². The van der Waals surface area contributed by atoms with E-state index in [2.05, 4.69) is 17.1 Å². The highest BCUT2D eigenvalue weighted by atomic mass is 16.5. The molecule has 6 heteroatoms. The quantitative estimate of drug-likeness (QED) is 0.515. The lowest BCUT2D eigenvalue weighted by Crippen LogP contribution is -2.37. The lowest BCUT2D eigenvalue weighted by molar-refractivity contribution is -0.128. The highest BCUT2D eigenvalue weighted by Gasteiger charge is 2.26. The molecule has 1 aliphatic heterocycles. The summed E-state index contributed by atoms with van der Waals surface area (Å²) in [5, 5.41) is 3.04. The van der Waals surface area contributed by atoms with Gasteiger partial charge in [-0.2, -0.15) is 0 Å². The summed E-state index contributed by atoms with van der Waals surface area (Å²) in [5.74, 6) is 1.85. The van der Waals surface area contributed by atoms with Gasteiger partial charge in [0.25, 0.3) is 5.91 Å². The van der Waals surface area contributed by atoms with Crippen LogP contribution in [0.2, 0.25) is 0 Å². The van der Waals surface area contributed by atoms with Crippen molar-refractivity contribution < 1.29 is 19.0 Å². The number of hydrogen-bond acceptors (Lipinski definition) is 5. The Hall–Kier alpha value is -2.73. The van der Waals surface area contributed by atoms with Crippen LogP contribution in [-0.2, 0) is 4.79 Å². The number of carbonyl (C=O) groups excluding carboxylic acids is 1. The summed E-state index contributed by atoms with van der Waals surface area (Å²) in [5.41, 5.74) is 0.701. The molecule has 2 aromatic rings. The monoisotopic (exact) mass is 426 g/mol. The van der Waals surface area contributed by atoms with Gasteiger partial charge in [0.1, 0.15) is 17.2 Å². The Bertz CT molecular complexity index is 803. The molecule has 3 rings (SSSR count). The SMILES string of the molecule is CCCCOc1ccc(OC(C(=O)NCCN2CCCC2)c2ccccc2OC)cc1. The molecule has 0 radical (unpaired) electrons. The number of amides is 1. The topological polar surface area (TPSA) is 60.0 Å². The summed E-state index contributed by atoms with van der Waals surface area (Å²) in [6, 6.07) is 14.9. The van der Waals surface area contributed by atoms with Crippen LogP contribution in [0.4, 0.5) is 0 Å². The summed E-state index contributed by atoms with van der Waals surface area (Å²) in [4.78, 5) is 15.5. The molecule has 31 heavy (non-hydrogen) atoms. The minimum Gasteiger partial charge on any atom is -0.496 e. The highest BCUT2D eigenvalue weighted by Crippen LogP contribution is 2.30. The van der Waals surface area contributed by atoms with Crippen molar-refractivity contribution in [3.05, 3.63) is 54.1 Å². The van der Waals surface area contributed by atoms with Crippen molar-refractivity contribution in [3.63, 3.8) is 0 Å². The van der Waals surface area contributed by atoms with E-state index in [4.69, 9.17) is 14.2 Å². The zero-order valence-electron chi connectivity index (χ0n) is 18.6. The lowest BCUT2D eigenvalue weighted by Gasteiger charge is -2.22. The largest absolute Gasteiger partial charge is 0.496 e. The van der Waals surface area contributed by atoms with E-state index in [1.54, 1.807) is 7.11 Å². The zero-order valence-corrected chi connectivity index (χ0v) is 18.6. The summed E-state index contributed by atoms with van der Waals surface area (Å²) in [7, 11) is 1.60. The fraction of sp³-hybridized carbons (Fsp3) is 0.480. The highest BCUT2D eigenvalue weighted by molar-refractivity contribution is 5.83. The molecule has 1 atom stereocenters. The van der Waals surface area contributed by atoms with E-state index in [1.807, 2.05) is 48.5 Å². The zero-order chi connectivity index (χ0) is 21.9. The van der Waals surface area contributed by atoms with Crippen molar-refractivity contribution in [2.24, 2.45) is 0 Å². The van der Waals surface area contributed by atoms with E-state index in [1.165, 1.54) is 12.8 Å². The summed E-state index contributed by atoms with van der Waals surface area (Å²) in [6.07, 6.45) is 3.78. The normalized spacial score (nSPS) is 14.8. The number of benzene rings is 2. The second-order valence-corrected chi connectivity index (χ2v) is 7.75. The van der Waals surface area contributed by atoms with Gasteiger partial charge in [0.15, 0.2) is 0 Å². The first kappa shape index (κ1) is 22.9. The Morgan fingerprint density at radius 2 is 1.77 bits per heavy atom. The number of para-hydroxylation sites is 1. The van der Waals surface area contributed by atoms with Gasteiger partial charge in [-0.1, -0.05) is 31.5 Å². The van der Waals surface area contributed by atoms with E-state index >= 15 is 0 Å². The van der Waals surface area contributed by atoms with Crippen molar-refractivity contribution in [2.75, 3.05) is 39.9 Å². The van der Waals surface area contributed by atoms with Crippen molar-refractivity contribution in [1.29, 1.82) is 0 Å². The van der Waals surface area contributed by atoms with Crippen LogP contribution < -0.4 is 19.5 Å². The third-order valence-electron chi connectivity index (χ3n) is 5.43. The number of methoxy groups -OCH3 is 1. The average molecular weight is 427 g/mol. The van der Waals surface area contributed by atoms with E-state index in [0.717, 1.165) is 38.2 Å². The maximum Gasteiger partial charge on any atom is 0.266 e. The van der Waals surface area contributed by atoms with Crippen LogP contribution in [-0.4, -0.2) is 50.7 Å². The van der Waals surface area contributed by atoms with Crippen LogP contribution in [0.5, 0.6) is 17.2 Å². The number of nitrogens with one attached hydrogen (secondary N) is 1. The number of likely N-dealkylation sites (tertiary alicyclic amines) is 1. The van der Waals surface area contributed by atoms with Crippen LogP contribution in [0.1, 0.15) is 44.3 Å². The van der Waals surface area contributed by atoms with Gasteiger partial charge in [-0.3, -0.25) is 4.79 Å². The Morgan fingerprint density at radius 1 is 1.06 bits per heavy atom. The number of nitrogens with zero attached hydrogens (tertiary/aromatic N) is 1. The fourth-order valence-corrected chi connectivity index (χ4v) is 3.66. The summed E-state index contributed by atoms with van der Waals surface area (Å²) >= 11 is 0. The van der Waals surface area contributed by atoms with Crippen molar-refractivity contribution >= 4 is 5.91 Å². The average Bonchev–Trinajstić information content (AvgIpc) is 3.32. The molecule has 2 aromatic carbocycles. The van der Waals surface area contributed by atoms with Crippen LogP contribution >= 0.6 is 0 Å². The van der Waals surface area contributed by atoms with E-state index in [0.29, 0.717) is 30.2 Å². The van der Waals surface area contributed by atoms with Gasteiger partial charge in [-0.05, 0) is 62.7 Å².